The number of carbonyl (C=O) groups is 1. The summed E-state index contributed by atoms with van der Waals surface area (Å²) in [5.41, 5.74) is 0.636. The van der Waals surface area contributed by atoms with Gasteiger partial charge in [0, 0.05) is 0 Å². The molecular weight excluding hydrogens is 182 g/mol. The van der Waals surface area contributed by atoms with E-state index in [9.17, 15) is 4.79 Å². The van der Waals surface area contributed by atoms with Gasteiger partial charge in [-0.2, -0.15) is 5.26 Å². The van der Waals surface area contributed by atoms with E-state index in [4.69, 9.17) is 10.1 Å². The molecule has 1 aromatic rings. The zero-order valence-electron chi connectivity index (χ0n) is 6.77. The summed E-state index contributed by atoms with van der Waals surface area (Å²) in [7, 11) is -0.817. The van der Waals surface area contributed by atoms with Gasteiger partial charge in [0.15, 0.2) is 5.41 Å². The molecule has 0 saturated carbocycles. The van der Waals surface area contributed by atoms with Crippen molar-refractivity contribution in [1.82, 2.24) is 0 Å². The van der Waals surface area contributed by atoms with Crippen molar-refractivity contribution in [1.29, 1.82) is 5.26 Å². The second-order valence-electron chi connectivity index (χ2n) is 2.45. The predicted octanol–water partition coefficient (Wildman–Crippen LogP) is 0.432. The van der Waals surface area contributed by atoms with Gasteiger partial charge < -0.3 is 9.59 Å². The Labute approximate surface area is 78.6 Å². The number of carbonyl (C=O) groups excluding carboxylic acids is 1. The van der Waals surface area contributed by atoms with Crippen molar-refractivity contribution in [3.63, 3.8) is 0 Å². The number of rotatable bonds is 3. The lowest BCUT2D eigenvalue weighted by molar-refractivity contribution is -0.113. The fourth-order valence-corrected chi connectivity index (χ4v) is 1.35. The monoisotopic (exact) mass is 189 g/mol. The van der Waals surface area contributed by atoms with Gasteiger partial charge in [-0.3, -0.25) is 0 Å². The SMILES string of the molecule is N#CC(C(=O)[Si]O)c1ccccc1. The van der Waals surface area contributed by atoms with Gasteiger partial charge in [0.05, 0.1) is 6.07 Å². The molecule has 4 heteroatoms. The van der Waals surface area contributed by atoms with Crippen molar-refractivity contribution in [2.24, 2.45) is 0 Å². The van der Waals surface area contributed by atoms with Crippen LogP contribution in [0.1, 0.15) is 11.5 Å². The maximum atomic E-state index is 11.1. The maximum Gasteiger partial charge on any atom is 0.314 e. The van der Waals surface area contributed by atoms with Crippen molar-refractivity contribution >= 4 is 15.2 Å². The quantitative estimate of drug-likeness (QED) is 0.701. The van der Waals surface area contributed by atoms with Crippen LogP contribution in [0.3, 0.4) is 0 Å². The van der Waals surface area contributed by atoms with Crippen LogP contribution >= 0.6 is 0 Å². The first-order chi connectivity index (χ1) is 6.29. The Bertz CT molecular complexity index is 331. The molecule has 1 unspecified atom stereocenters. The van der Waals surface area contributed by atoms with E-state index in [2.05, 4.69) is 0 Å². The van der Waals surface area contributed by atoms with E-state index in [-0.39, 0.29) is 0 Å². The Balaban J connectivity index is 2.93. The van der Waals surface area contributed by atoms with E-state index < -0.39 is 21.1 Å². The van der Waals surface area contributed by atoms with E-state index in [1.807, 2.05) is 12.1 Å². The normalized spacial score (nSPS) is 11.7. The van der Waals surface area contributed by atoms with Gasteiger partial charge in [0.1, 0.15) is 5.92 Å². The van der Waals surface area contributed by atoms with Gasteiger partial charge in [-0.15, -0.1) is 0 Å². The van der Waals surface area contributed by atoms with Crippen LogP contribution in [0.15, 0.2) is 30.3 Å². The molecule has 0 bridgehead atoms. The summed E-state index contributed by atoms with van der Waals surface area (Å²) in [5, 5.41) is 8.27. The lowest BCUT2D eigenvalue weighted by Crippen LogP contribution is -2.17. The number of nitriles is 1. The second-order valence-corrected chi connectivity index (χ2v) is 3.17. The first-order valence-corrected chi connectivity index (χ1v) is 4.63. The minimum Gasteiger partial charge on any atom is -0.426 e. The van der Waals surface area contributed by atoms with Crippen LogP contribution in [0.2, 0.25) is 0 Å². The molecule has 1 rings (SSSR count). The molecule has 3 nitrogen and oxygen atoms in total. The van der Waals surface area contributed by atoms with Gasteiger partial charge in [-0.05, 0) is 5.56 Å². The van der Waals surface area contributed by atoms with Crippen molar-refractivity contribution in [2.45, 2.75) is 5.92 Å². The molecule has 0 heterocycles. The van der Waals surface area contributed by atoms with Crippen molar-refractivity contribution in [3.8, 4) is 6.07 Å². The van der Waals surface area contributed by atoms with Crippen molar-refractivity contribution in [3.05, 3.63) is 35.9 Å². The van der Waals surface area contributed by atoms with E-state index in [0.717, 1.165) is 0 Å². The van der Waals surface area contributed by atoms with Crippen LogP contribution in [0.25, 0.3) is 0 Å². The van der Waals surface area contributed by atoms with Gasteiger partial charge in [0.2, 0.25) is 0 Å². The average molecular weight is 189 g/mol. The molecule has 1 atom stereocenters. The molecular formula is C9H7NO2Si. The summed E-state index contributed by atoms with van der Waals surface area (Å²) in [6, 6.07) is 10.6. The molecule has 0 fully saturated rings. The molecule has 0 aliphatic carbocycles. The Hall–Kier alpha value is -1.44. The number of benzene rings is 1. The summed E-state index contributed by atoms with van der Waals surface area (Å²) in [5.74, 6) is -0.829. The van der Waals surface area contributed by atoms with Crippen LogP contribution in [-0.4, -0.2) is 20.0 Å². The summed E-state index contributed by atoms with van der Waals surface area (Å²) in [6.07, 6.45) is 0. The summed E-state index contributed by atoms with van der Waals surface area (Å²) >= 11 is 0. The molecule has 0 aromatic heterocycles. The number of hydrogen-bond donors (Lipinski definition) is 1. The maximum absolute atomic E-state index is 11.1. The Morgan fingerprint density at radius 3 is 2.54 bits per heavy atom. The highest BCUT2D eigenvalue weighted by atomic mass is 28.2. The van der Waals surface area contributed by atoms with Crippen molar-refractivity contribution < 1.29 is 9.59 Å². The molecule has 64 valence electrons. The fraction of sp³-hybridized carbons (Fsp3) is 0.111. The van der Waals surface area contributed by atoms with Crippen molar-refractivity contribution in [2.75, 3.05) is 0 Å². The molecule has 0 spiro atoms. The Kier molecular flexibility index (Phi) is 3.38. The highest BCUT2D eigenvalue weighted by molar-refractivity contribution is 6.69. The van der Waals surface area contributed by atoms with Gasteiger partial charge >= 0.3 is 9.76 Å². The summed E-state index contributed by atoms with van der Waals surface area (Å²) < 4.78 is 0. The smallest absolute Gasteiger partial charge is 0.314 e. The zero-order valence-corrected chi connectivity index (χ0v) is 7.77. The summed E-state index contributed by atoms with van der Waals surface area (Å²) in [4.78, 5) is 19.7. The third-order valence-electron chi connectivity index (χ3n) is 1.63. The number of nitrogens with zero attached hydrogens (tertiary/aromatic N) is 1. The number of hydrogen-bond acceptors (Lipinski definition) is 3. The van der Waals surface area contributed by atoms with Crippen LogP contribution in [0.5, 0.6) is 0 Å². The first kappa shape index (κ1) is 9.64. The standard InChI is InChI=1S/C9H7NO2Si/c10-6-8(9(11)13-12)7-4-2-1-3-5-7/h1-5,8,12H. The topological polar surface area (TPSA) is 61.1 Å². The Morgan fingerprint density at radius 1 is 1.46 bits per heavy atom. The lowest BCUT2D eigenvalue weighted by Gasteiger charge is -2.04. The highest BCUT2D eigenvalue weighted by Crippen LogP contribution is 2.14. The lowest BCUT2D eigenvalue weighted by atomic mass is 10.0. The second kappa shape index (κ2) is 4.55. The largest absolute Gasteiger partial charge is 0.426 e. The molecule has 1 N–H and O–H groups in total. The van der Waals surface area contributed by atoms with Crippen LogP contribution in [-0.2, 0) is 4.79 Å². The van der Waals surface area contributed by atoms with Gasteiger partial charge in [0.25, 0.3) is 0 Å². The average Bonchev–Trinajstić information content (AvgIpc) is 2.20. The minimum absolute atomic E-state index is 0.436. The molecule has 0 saturated heterocycles. The molecule has 0 aliphatic rings. The molecule has 0 aliphatic heterocycles. The van der Waals surface area contributed by atoms with Gasteiger partial charge in [-0.25, -0.2) is 0 Å². The van der Waals surface area contributed by atoms with E-state index in [1.165, 1.54) is 0 Å². The van der Waals surface area contributed by atoms with E-state index in [1.54, 1.807) is 24.3 Å². The molecule has 13 heavy (non-hydrogen) atoms. The zero-order chi connectivity index (χ0) is 9.68. The van der Waals surface area contributed by atoms with Gasteiger partial charge in [-0.1, -0.05) is 30.3 Å². The highest BCUT2D eigenvalue weighted by Gasteiger charge is 2.19. The third-order valence-corrected chi connectivity index (χ3v) is 2.14. The van der Waals surface area contributed by atoms with Crippen LogP contribution in [0.4, 0.5) is 0 Å². The molecule has 0 amide bonds. The predicted molar refractivity (Wildman–Crippen MR) is 47.8 cm³/mol. The third kappa shape index (κ3) is 2.24. The summed E-state index contributed by atoms with van der Waals surface area (Å²) in [6.45, 7) is 0. The molecule has 2 radical (unpaired) electrons. The molecule has 1 aromatic carbocycles. The van der Waals surface area contributed by atoms with E-state index >= 15 is 0 Å². The van der Waals surface area contributed by atoms with E-state index in [0.29, 0.717) is 5.56 Å². The fourth-order valence-electron chi connectivity index (χ4n) is 0.995. The van der Waals surface area contributed by atoms with Crippen LogP contribution < -0.4 is 0 Å². The Morgan fingerprint density at radius 2 is 2.08 bits per heavy atom. The van der Waals surface area contributed by atoms with Crippen LogP contribution in [0, 0.1) is 11.3 Å². The minimum atomic E-state index is -0.829. The first-order valence-electron chi connectivity index (χ1n) is 3.68.